The van der Waals surface area contributed by atoms with E-state index in [1.165, 1.54) is 11.1 Å². The molecule has 0 saturated carbocycles. The third kappa shape index (κ3) is 5.78. The van der Waals surface area contributed by atoms with Crippen molar-refractivity contribution in [3.05, 3.63) is 29.3 Å². The predicted octanol–water partition coefficient (Wildman–Crippen LogP) is 3.63. The van der Waals surface area contributed by atoms with Gasteiger partial charge >= 0.3 is 0 Å². The van der Waals surface area contributed by atoms with E-state index in [0.717, 1.165) is 43.4 Å². The number of ether oxygens (including phenoxy) is 1. The summed E-state index contributed by atoms with van der Waals surface area (Å²) in [4.78, 5) is 0. The summed E-state index contributed by atoms with van der Waals surface area (Å²) in [6, 6.07) is 6.42. The molecule has 1 aromatic rings. The maximum atomic E-state index is 5.86. The highest BCUT2D eigenvalue weighted by Gasteiger charge is 2.03. The molecule has 0 heterocycles. The second-order valence-electron chi connectivity index (χ2n) is 4.33. The maximum absolute atomic E-state index is 5.86. The molecule has 0 bridgehead atoms. The van der Waals surface area contributed by atoms with Gasteiger partial charge in [-0.1, -0.05) is 31.5 Å². The Morgan fingerprint density at radius 1 is 1.28 bits per heavy atom. The summed E-state index contributed by atoms with van der Waals surface area (Å²) in [7, 11) is 0. The number of rotatable bonds is 9. The van der Waals surface area contributed by atoms with Crippen LogP contribution in [0.1, 0.15) is 31.4 Å². The first-order valence-electron chi connectivity index (χ1n) is 6.78. The molecule has 0 amide bonds. The average Bonchev–Trinajstić information content (AvgIpc) is 2.37. The van der Waals surface area contributed by atoms with Gasteiger partial charge in [-0.15, -0.1) is 0 Å². The molecule has 1 rings (SSSR count). The first-order chi connectivity index (χ1) is 8.77. The Hall–Kier alpha value is -0.670. The van der Waals surface area contributed by atoms with Crippen molar-refractivity contribution < 1.29 is 4.74 Å². The molecule has 0 saturated heterocycles. The van der Waals surface area contributed by atoms with Gasteiger partial charge in [-0.2, -0.15) is 11.8 Å². The SMILES string of the molecule is CCCNCc1cc(C)ccc1OCCSCC. The second-order valence-corrected chi connectivity index (χ2v) is 5.73. The van der Waals surface area contributed by atoms with E-state index in [0.29, 0.717) is 0 Å². The smallest absolute Gasteiger partial charge is 0.123 e. The van der Waals surface area contributed by atoms with Crippen LogP contribution in [0.15, 0.2) is 18.2 Å². The molecule has 0 aliphatic heterocycles. The van der Waals surface area contributed by atoms with Crippen molar-refractivity contribution >= 4 is 11.8 Å². The molecule has 1 N–H and O–H groups in total. The van der Waals surface area contributed by atoms with E-state index >= 15 is 0 Å². The molecule has 0 aliphatic rings. The standard InChI is InChI=1S/C15H25NOS/c1-4-8-16-12-14-11-13(3)6-7-15(14)17-9-10-18-5-2/h6-7,11,16H,4-5,8-10,12H2,1-3H3. The van der Waals surface area contributed by atoms with Crippen molar-refractivity contribution in [3.8, 4) is 5.75 Å². The van der Waals surface area contributed by atoms with Crippen LogP contribution in [0, 0.1) is 6.92 Å². The van der Waals surface area contributed by atoms with E-state index in [1.54, 1.807) is 0 Å². The van der Waals surface area contributed by atoms with Crippen LogP contribution in [-0.2, 0) is 6.54 Å². The Morgan fingerprint density at radius 2 is 2.11 bits per heavy atom. The van der Waals surface area contributed by atoms with E-state index in [9.17, 15) is 0 Å². The van der Waals surface area contributed by atoms with Crippen molar-refractivity contribution in [2.24, 2.45) is 0 Å². The highest BCUT2D eigenvalue weighted by molar-refractivity contribution is 7.99. The Bertz CT molecular complexity index is 341. The zero-order chi connectivity index (χ0) is 13.2. The van der Waals surface area contributed by atoms with E-state index in [4.69, 9.17) is 4.74 Å². The van der Waals surface area contributed by atoms with E-state index in [1.807, 2.05) is 11.8 Å². The lowest BCUT2D eigenvalue weighted by Crippen LogP contribution is -2.15. The summed E-state index contributed by atoms with van der Waals surface area (Å²) in [5.74, 6) is 3.25. The van der Waals surface area contributed by atoms with Crippen molar-refractivity contribution in [2.75, 3.05) is 24.7 Å². The molecule has 1 aromatic carbocycles. The van der Waals surface area contributed by atoms with Crippen LogP contribution in [0.2, 0.25) is 0 Å². The predicted molar refractivity (Wildman–Crippen MR) is 81.7 cm³/mol. The zero-order valence-electron chi connectivity index (χ0n) is 11.8. The van der Waals surface area contributed by atoms with Crippen molar-refractivity contribution in [2.45, 2.75) is 33.7 Å². The van der Waals surface area contributed by atoms with E-state index in [-0.39, 0.29) is 0 Å². The van der Waals surface area contributed by atoms with Gasteiger partial charge in [0.25, 0.3) is 0 Å². The van der Waals surface area contributed by atoms with E-state index in [2.05, 4.69) is 44.3 Å². The van der Waals surface area contributed by atoms with Gasteiger partial charge in [0.2, 0.25) is 0 Å². The first-order valence-corrected chi connectivity index (χ1v) is 7.94. The minimum Gasteiger partial charge on any atom is -0.492 e. The van der Waals surface area contributed by atoms with Gasteiger partial charge < -0.3 is 10.1 Å². The number of thioether (sulfide) groups is 1. The zero-order valence-corrected chi connectivity index (χ0v) is 12.6. The Kier molecular flexibility index (Phi) is 7.94. The van der Waals surface area contributed by atoms with Gasteiger partial charge in [0, 0.05) is 17.9 Å². The largest absolute Gasteiger partial charge is 0.492 e. The normalized spacial score (nSPS) is 10.6. The molecule has 18 heavy (non-hydrogen) atoms. The van der Waals surface area contributed by atoms with Crippen LogP contribution in [-0.4, -0.2) is 24.7 Å². The first kappa shape index (κ1) is 15.4. The quantitative estimate of drug-likeness (QED) is 0.690. The topological polar surface area (TPSA) is 21.3 Å². The molecule has 3 heteroatoms. The number of hydrogen-bond donors (Lipinski definition) is 1. The van der Waals surface area contributed by atoms with Crippen LogP contribution in [0.3, 0.4) is 0 Å². The third-order valence-electron chi connectivity index (χ3n) is 2.65. The number of aryl methyl sites for hydroxylation is 1. The lowest BCUT2D eigenvalue weighted by molar-refractivity contribution is 0.339. The highest BCUT2D eigenvalue weighted by atomic mass is 32.2. The maximum Gasteiger partial charge on any atom is 0.123 e. The van der Waals surface area contributed by atoms with Crippen LogP contribution in [0.5, 0.6) is 5.75 Å². The molecule has 0 aromatic heterocycles. The molecular weight excluding hydrogens is 242 g/mol. The van der Waals surface area contributed by atoms with Crippen LogP contribution >= 0.6 is 11.8 Å². The van der Waals surface area contributed by atoms with Gasteiger partial charge in [0.15, 0.2) is 0 Å². The fourth-order valence-corrected chi connectivity index (χ4v) is 2.23. The number of benzene rings is 1. The minimum atomic E-state index is 0.794. The molecule has 2 nitrogen and oxygen atoms in total. The monoisotopic (exact) mass is 267 g/mol. The highest BCUT2D eigenvalue weighted by Crippen LogP contribution is 2.20. The molecular formula is C15H25NOS. The fraction of sp³-hybridized carbons (Fsp3) is 0.600. The Balaban J connectivity index is 2.52. The van der Waals surface area contributed by atoms with Gasteiger partial charge in [-0.05, 0) is 31.7 Å². The van der Waals surface area contributed by atoms with Crippen LogP contribution in [0.4, 0.5) is 0 Å². The van der Waals surface area contributed by atoms with Gasteiger partial charge in [-0.25, -0.2) is 0 Å². The summed E-state index contributed by atoms with van der Waals surface area (Å²) in [6.45, 7) is 9.23. The van der Waals surface area contributed by atoms with Crippen molar-refractivity contribution in [1.29, 1.82) is 0 Å². The lowest BCUT2D eigenvalue weighted by atomic mass is 10.1. The molecule has 0 aliphatic carbocycles. The summed E-state index contributed by atoms with van der Waals surface area (Å²) >= 11 is 1.92. The number of nitrogens with one attached hydrogen (secondary N) is 1. The van der Waals surface area contributed by atoms with Crippen molar-refractivity contribution in [3.63, 3.8) is 0 Å². The minimum absolute atomic E-state index is 0.794. The van der Waals surface area contributed by atoms with Gasteiger partial charge in [0.05, 0.1) is 6.61 Å². The third-order valence-corrected chi connectivity index (χ3v) is 3.51. The molecule has 0 spiro atoms. The number of hydrogen-bond acceptors (Lipinski definition) is 3. The van der Waals surface area contributed by atoms with Crippen LogP contribution in [0.25, 0.3) is 0 Å². The fourth-order valence-electron chi connectivity index (χ4n) is 1.74. The molecule has 0 atom stereocenters. The molecule has 0 fully saturated rings. The van der Waals surface area contributed by atoms with Crippen molar-refractivity contribution in [1.82, 2.24) is 5.32 Å². The lowest BCUT2D eigenvalue weighted by Gasteiger charge is -2.13. The Labute approximate surface area is 116 Å². The summed E-state index contributed by atoms with van der Waals surface area (Å²) < 4.78 is 5.86. The Morgan fingerprint density at radius 3 is 2.83 bits per heavy atom. The summed E-state index contributed by atoms with van der Waals surface area (Å²) in [5.41, 5.74) is 2.56. The van der Waals surface area contributed by atoms with Gasteiger partial charge in [0.1, 0.15) is 5.75 Å². The molecule has 0 unspecified atom stereocenters. The second kappa shape index (κ2) is 9.29. The molecule has 0 radical (unpaired) electrons. The average molecular weight is 267 g/mol. The summed E-state index contributed by atoms with van der Waals surface area (Å²) in [5, 5.41) is 3.44. The summed E-state index contributed by atoms with van der Waals surface area (Å²) in [6.07, 6.45) is 1.16. The molecule has 102 valence electrons. The van der Waals surface area contributed by atoms with Crippen LogP contribution < -0.4 is 10.1 Å². The van der Waals surface area contributed by atoms with Gasteiger partial charge in [-0.3, -0.25) is 0 Å². The van der Waals surface area contributed by atoms with E-state index < -0.39 is 0 Å².